The molecule has 0 saturated carbocycles. The van der Waals surface area contributed by atoms with Gasteiger partial charge < -0.3 is 9.30 Å². The lowest BCUT2D eigenvalue weighted by Crippen LogP contribution is -2.26. The molecule has 1 fully saturated rings. The van der Waals surface area contributed by atoms with Gasteiger partial charge in [-0.2, -0.15) is 0 Å². The molecule has 0 N–H and O–H groups in total. The number of alkyl halides is 1. The van der Waals surface area contributed by atoms with Crippen molar-refractivity contribution in [2.24, 2.45) is 0 Å². The van der Waals surface area contributed by atoms with Gasteiger partial charge in [0.15, 0.2) is 0 Å². The van der Waals surface area contributed by atoms with Crippen LogP contribution in [0.25, 0.3) is 11.0 Å². The van der Waals surface area contributed by atoms with E-state index in [2.05, 4.69) is 16.5 Å². The minimum atomic E-state index is -0.208. The molecule has 1 aliphatic rings. The Morgan fingerprint density at radius 2 is 2.35 bits per heavy atom. The maximum atomic E-state index is 13.9. The molecule has 20 heavy (non-hydrogen) atoms. The van der Waals surface area contributed by atoms with Gasteiger partial charge in [0.2, 0.25) is 0 Å². The fraction of sp³-hybridized carbons (Fsp3) is 0.500. The fourth-order valence-corrected chi connectivity index (χ4v) is 3.49. The third-order valence-corrected chi connectivity index (χ3v) is 4.81. The Balaban J connectivity index is 2.14. The number of hydrogen-bond donors (Lipinski definition) is 0. The Labute approximate surface area is 135 Å². The average molecular weight is 409 g/mol. The largest absolute Gasteiger partial charge is 0.378 e. The molecule has 0 bridgehead atoms. The summed E-state index contributed by atoms with van der Waals surface area (Å²) < 4.78 is 22.2. The van der Waals surface area contributed by atoms with Crippen LogP contribution in [0, 0.1) is 9.39 Å². The van der Waals surface area contributed by atoms with Crippen LogP contribution in [0.15, 0.2) is 12.1 Å². The van der Waals surface area contributed by atoms with Crippen LogP contribution in [-0.2, 0) is 10.6 Å². The molecule has 2 heterocycles. The molecule has 1 aromatic carbocycles. The van der Waals surface area contributed by atoms with Crippen LogP contribution in [0.5, 0.6) is 0 Å². The molecule has 6 heteroatoms. The van der Waals surface area contributed by atoms with Gasteiger partial charge in [0.1, 0.15) is 11.6 Å². The van der Waals surface area contributed by atoms with Gasteiger partial charge in [-0.05, 0) is 48.4 Å². The third-order valence-electron chi connectivity index (χ3n) is 3.75. The lowest BCUT2D eigenvalue weighted by atomic mass is 10.0. The van der Waals surface area contributed by atoms with Gasteiger partial charge in [0.25, 0.3) is 0 Å². The summed E-state index contributed by atoms with van der Waals surface area (Å²) in [6.45, 7) is 2.79. The molecule has 1 aliphatic heterocycles. The molecule has 0 radical (unpaired) electrons. The molecule has 0 spiro atoms. The summed E-state index contributed by atoms with van der Waals surface area (Å²) in [5.41, 5.74) is 1.64. The van der Waals surface area contributed by atoms with E-state index in [0.29, 0.717) is 9.45 Å². The van der Waals surface area contributed by atoms with Crippen molar-refractivity contribution >= 4 is 45.2 Å². The highest BCUT2D eigenvalue weighted by Crippen LogP contribution is 2.32. The Hall–Kier alpha value is -0.400. The van der Waals surface area contributed by atoms with Gasteiger partial charge in [-0.15, -0.1) is 11.6 Å². The summed E-state index contributed by atoms with van der Waals surface area (Å²) in [6, 6.07) is 3.62. The van der Waals surface area contributed by atoms with E-state index < -0.39 is 0 Å². The van der Waals surface area contributed by atoms with E-state index in [9.17, 15) is 4.39 Å². The zero-order valence-electron chi connectivity index (χ0n) is 11.1. The van der Waals surface area contributed by atoms with E-state index >= 15 is 0 Å². The highest BCUT2D eigenvalue weighted by atomic mass is 127. The molecule has 108 valence electrons. The van der Waals surface area contributed by atoms with Crippen molar-refractivity contribution in [1.29, 1.82) is 0 Å². The first-order valence-corrected chi connectivity index (χ1v) is 8.25. The number of fused-ring (bicyclic) bond motifs is 1. The lowest BCUT2D eigenvalue weighted by molar-refractivity contribution is 0.00632. The summed E-state index contributed by atoms with van der Waals surface area (Å²) in [5, 5.41) is 0. The molecule has 2 atom stereocenters. The second-order valence-corrected chi connectivity index (χ2v) is 6.58. The lowest BCUT2D eigenvalue weighted by Gasteiger charge is -2.29. The highest BCUT2D eigenvalue weighted by Gasteiger charge is 2.25. The first-order chi connectivity index (χ1) is 9.60. The van der Waals surface area contributed by atoms with Crippen LogP contribution in [-0.4, -0.2) is 22.3 Å². The molecule has 3 nitrogen and oxygen atoms in total. The molecule has 0 aliphatic carbocycles. The van der Waals surface area contributed by atoms with E-state index in [-0.39, 0.29) is 18.0 Å². The number of nitrogens with zero attached hydrogens (tertiary/aromatic N) is 2. The molecule has 1 aromatic heterocycles. The fourth-order valence-electron chi connectivity index (χ4n) is 2.85. The van der Waals surface area contributed by atoms with E-state index in [1.807, 2.05) is 22.6 Å². The predicted octanol–water partition coefficient (Wildman–Crippen LogP) is 4.26. The van der Waals surface area contributed by atoms with Crippen LogP contribution in [0.4, 0.5) is 4.39 Å². The minimum absolute atomic E-state index is 0.208. The van der Waals surface area contributed by atoms with Gasteiger partial charge in [-0.3, -0.25) is 0 Å². The molecule has 1 saturated heterocycles. The second-order valence-electron chi connectivity index (χ2n) is 5.15. The van der Waals surface area contributed by atoms with Gasteiger partial charge in [-0.25, -0.2) is 9.37 Å². The van der Waals surface area contributed by atoms with Crippen molar-refractivity contribution < 1.29 is 9.13 Å². The number of ether oxygens (including phenoxy) is 1. The third kappa shape index (κ3) is 2.55. The van der Waals surface area contributed by atoms with Crippen molar-refractivity contribution in [3.8, 4) is 0 Å². The van der Waals surface area contributed by atoms with E-state index in [1.165, 1.54) is 0 Å². The normalized spacial score (nSPS) is 23.4. The van der Waals surface area contributed by atoms with Gasteiger partial charge in [0, 0.05) is 18.7 Å². The van der Waals surface area contributed by atoms with E-state index in [1.54, 1.807) is 12.1 Å². The van der Waals surface area contributed by atoms with Crippen LogP contribution in [0.1, 0.15) is 31.6 Å². The Kier molecular flexibility index (Phi) is 4.19. The number of benzene rings is 1. The Bertz CT molecular complexity index is 646. The quantitative estimate of drug-likeness (QED) is 0.548. The van der Waals surface area contributed by atoms with E-state index in [4.69, 9.17) is 16.3 Å². The number of halogens is 3. The topological polar surface area (TPSA) is 27.1 Å². The summed E-state index contributed by atoms with van der Waals surface area (Å²) in [4.78, 5) is 4.55. The zero-order chi connectivity index (χ0) is 14.3. The van der Waals surface area contributed by atoms with Crippen LogP contribution in [0.3, 0.4) is 0 Å². The SMILES string of the molecule is CC1CC(n2c(CCl)nc3cc(I)c(F)cc32)CCO1. The number of aromatic nitrogens is 2. The molecule has 3 rings (SSSR count). The molecular weight excluding hydrogens is 394 g/mol. The van der Waals surface area contributed by atoms with Crippen molar-refractivity contribution in [3.63, 3.8) is 0 Å². The minimum Gasteiger partial charge on any atom is -0.378 e. The maximum Gasteiger partial charge on any atom is 0.138 e. The Morgan fingerprint density at radius 3 is 3.05 bits per heavy atom. The van der Waals surface area contributed by atoms with Gasteiger partial charge in [-0.1, -0.05) is 0 Å². The monoisotopic (exact) mass is 408 g/mol. The van der Waals surface area contributed by atoms with Crippen molar-refractivity contribution in [1.82, 2.24) is 9.55 Å². The summed E-state index contributed by atoms with van der Waals surface area (Å²) in [5.74, 6) is 0.932. The first-order valence-electron chi connectivity index (χ1n) is 6.63. The van der Waals surface area contributed by atoms with Gasteiger partial charge >= 0.3 is 0 Å². The molecular formula is C14H15ClFIN2O. The Morgan fingerprint density at radius 1 is 1.55 bits per heavy atom. The standard InChI is InChI=1S/C14H15ClFIN2O/c1-8-4-9(2-3-20-8)19-13-5-10(16)11(17)6-12(13)18-14(19)7-15/h5-6,8-9H,2-4,7H2,1H3. The van der Waals surface area contributed by atoms with Crippen molar-refractivity contribution in [2.75, 3.05) is 6.61 Å². The highest BCUT2D eigenvalue weighted by molar-refractivity contribution is 14.1. The first kappa shape index (κ1) is 14.5. The number of imidazole rings is 1. The van der Waals surface area contributed by atoms with Crippen LogP contribution in [0.2, 0.25) is 0 Å². The number of rotatable bonds is 2. The van der Waals surface area contributed by atoms with Crippen LogP contribution >= 0.6 is 34.2 Å². The number of hydrogen-bond acceptors (Lipinski definition) is 2. The maximum absolute atomic E-state index is 13.9. The summed E-state index contributed by atoms with van der Waals surface area (Å²) in [6.07, 6.45) is 2.03. The zero-order valence-corrected chi connectivity index (χ0v) is 14.0. The second kappa shape index (κ2) is 5.77. The summed E-state index contributed by atoms with van der Waals surface area (Å²) >= 11 is 8.01. The van der Waals surface area contributed by atoms with Crippen molar-refractivity contribution in [3.05, 3.63) is 27.3 Å². The molecule has 2 unspecified atom stereocenters. The smallest absolute Gasteiger partial charge is 0.138 e. The molecule has 0 amide bonds. The molecule has 2 aromatic rings. The summed E-state index contributed by atoms with van der Waals surface area (Å²) in [7, 11) is 0. The average Bonchev–Trinajstić information content (AvgIpc) is 2.77. The predicted molar refractivity (Wildman–Crippen MR) is 85.7 cm³/mol. The van der Waals surface area contributed by atoms with Crippen molar-refractivity contribution in [2.45, 2.75) is 37.8 Å². The van der Waals surface area contributed by atoms with E-state index in [0.717, 1.165) is 36.3 Å². The van der Waals surface area contributed by atoms with Crippen LogP contribution < -0.4 is 0 Å². The van der Waals surface area contributed by atoms with Gasteiger partial charge in [0.05, 0.1) is 26.6 Å².